The smallest absolute Gasteiger partial charge is 0.318 e. The molecule has 1 saturated heterocycles. The van der Waals surface area contributed by atoms with Gasteiger partial charge in [0.15, 0.2) is 0 Å². The average molecular weight is 287 g/mol. The molecule has 0 aliphatic carbocycles. The summed E-state index contributed by atoms with van der Waals surface area (Å²) < 4.78 is 5.21. The van der Waals surface area contributed by atoms with Gasteiger partial charge in [0, 0.05) is 26.6 Å². The molecule has 3 amide bonds. The summed E-state index contributed by atoms with van der Waals surface area (Å²) in [4.78, 5) is 35.4. The number of hydrogen-bond donors (Lipinski definition) is 3. The predicted molar refractivity (Wildman–Crippen MR) is 70.3 cm³/mol. The third kappa shape index (κ3) is 5.04. The monoisotopic (exact) mass is 287 g/mol. The zero-order valence-corrected chi connectivity index (χ0v) is 11.6. The van der Waals surface area contributed by atoms with Crippen LogP contribution in [0.1, 0.15) is 19.3 Å². The van der Waals surface area contributed by atoms with Crippen LogP contribution < -0.4 is 10.6 Å². The van der Waals surface area contributed by atoms with E-state index in [1.165, 1.54) is 11.9 Å². The first-order chi connectivity index (χ1) is 9.56. The molecule has 0 aromatic rings. The van der Waals surface area contributed by atoms with Crippen molar-refractivity contribution in [2.45, 2.75) is 25.3 Å². The largest absolute Gasteiger partial charge is 0.481 e. The molecule has 0 radical (unpaired) electrons. The first kappa shape index (κ1) is 16.2. The number of morpholine rings is 1. The minimum Gasteiger partial charge on any atom is -0.481 e. The molecule has 1 heterocycles. The van der Waals surface area contributed by atoms with E-state index < -0.39 is 12.0 Å². The van der Waals surface area contributed by atoms with Crippen LogP contribution in [0.2, 0.25) is 0 Å². The normalized spacial score (nSPS) is 18.4. The summed E-state index contributed by atoms with van der Waals surface area (Å²) in [6.07, 6.45) is 1.19. The van der Waals surface area contributed by atoms with Crippen LogP contribution >= 0.6 is 0 Å². The maximum Gasteiger partial charge on any atom is 0.318 e. The van der Waals surface area contributed by atoms with Crippen molar-refractivity contribution in [3.8, 4) is 0 Å². The number of rotatable bonds is 6. The van der Waals surface area contributed by atoms with Crippen molar-refractivity contribution in [3.63, 3.8) is 0 Å². The van der Waals surface area contributed by atoms with Crippen molar-refractivity contribution in [1.82, 2.24) is 15.5 Å². The van der Waals surface area contributed by atoms with Gasteiger partial charge in [-0.3, -0.25) is 9.59 Å². The van der Waals surface area contributed by atoms with E-state index in [1.54, 1.807) is 0 Å². The molecule has 8 heteroatoms. The fourth-order valence-corrected chi connectivity index (χ4v) is 1.93. The molecule has 1 aliphatic rings. The average Bonchev–Trinajstić information content (AvgIpc) is 2.45. The molecule has 0 aromatic carbocycles. The Labute approximate surface area is 117 Å². The first-order valence-electron chi connectivity index (χ1n) is 6.62. The van der Waals surface area contributed by atoms with Gasteiger partial charge in [-0.05, 0) is 12.8 Å². The molecule has 1 rings (SSSR count). The molecule has 1 unspecified atom stereocenters. The Bertz CT molecular complexity index is 361. The van der Waals surface area contributed by atoms with E-state index in [2.05, 4.69) is 10.6 Å². The highest BCUT2D eigenvalue weighted by atomic mass is 16.5. The van der Waals surface area contributed by atoms with E-state index in [0.717, 1.165) is 0 Å². The van der Waals surface area contributed by atoms with Crippen molar-refractivity contribution in [2.24, 2.45) is 0 Å². The SMILES string of the molecule is CNC(=O)C1COCCN1C(=O)NCCCCC(=O)O. The van der Waals surface area contributed by atoms with Crippen LogP contribution in [0.15, 0.2) is 0 Å². The Kier molecular flexibility index (Phi) is 6.78. The van der Waals surface area contributed by atoms with Crippen molar-refractivity contribution in [2.75, 3.05) is 33.4 Å². The summed E-state index contributed by atoms with van der Waals surface area (Å²) in [5, 5.41) is 13.7. The van der Waals surface area contributed by atoms with Gasteiger partial charge in [0.2, 0.25) is 5.91 Å². The van der Waals surface area contributed by atoms with Gasteiger partial charge in [0.25, 0.3) is 0 Å². The van der Waals surface area contributed by atoms with Crippen LogP contribution in [0.3, 0.4) is 0 Å². The van der Waals surface area contributed by atoms with E-state index in [9.17, 15) is 14.4 Å². The number of ether oxygens (including phenoxy) is 1. The fraction of sp³-hybridized carbons (Fsp3) is 0.750. The van der Waals surface area contributed by atoms with Crippen LogP contribution in [0, 0.1) is 0 Å². The summed E-state index contributed by atoms with van der Waals surface area (Å²) >= 11 is 0. The number of carboxylic acid groups (broad SMARTS) is 1. The Morgan fingerprint density at radius 2 is 2.10 bits per heavy atom. The topological polar surface area (TPSA) is 108 Å². The summed E-state index contributed by atoms with van der Waals surface area (Å²) in [5.74, 6) is -1.10. The molecule has 1 atom stereocenters. The van der Waals surface area contributed by atoms with Gasteiger partial charge in [-0.1, -0.05) is 0 Å². The summed E-state index contributed by atoms with van der Waals surface area (Å²) in [6, 6.07) is -0.940. The molecular formula is C12H21N3O5. The molecule has 0 bridgehead atoms. The quantitative estimate of drug-likeness (QED) is 0.565. The lowest BCUT2D eigenvalue weighted by atomic mass is 10.2. The molecule has 8 nitrogen and oxygen atoms in total. The second kappa shape index (κ2) is 8.36. The molecule has 114 valence electrons. The van der Waals surface area contributed by atoms with E-state index >= 15 is 0 Å². The number of aliphatic carboxylic acids is 1. The van der Waals surface area contributed by atoms with Gasteiger partial charge >= 0.3 is 12.0 Å². The Morgan fingerprint density at radius 1 is 1.35 bits per heavy atom. The van der Waals surface area contributed by atoms with Crippen molar-refractivity contribution in [1.29, 1.82) is 0 Å². The second-order valence-electron chi connectivity index (χ2n) is 4.48. The number of nitrogens with one attached hydrogen (secondary N) is 2. The number of carboxylic acids is 1. The number of carbonyl (C=O) groups is 3. The maximum atomic E-state index is 12.0. The third-order valence-electron chi connectivity index (χ3n) is 3.03. The Morgan fingerprint density at radius 3 is 2.75 bits per heavy atom. The van der Waals surface area contributed by atoms with E-state index in [-0.39, 0.29) is 25.0 Å². The van der Waals surface area contributed by atoms with Crippen LogP contribution in [0.25, 0.3) is 0 Å². The number of urea groups is 1. The van der Waals surface area contributed by atoms with Gasteiger partial charge in [0.1, 0.15) is 6.04 Å². The third-order valence-corrected chi connectivity index (χ3v) is 3.03. The second-order valence-corrected chi connectivity index (χ2v) is 4.48. The highest BCUT2D eigenvalue weighted by Gasteiger charge is 2.31. The number of nitrogens with zero attached hydrogens (tertiary/aromatic N) is 1. The lowest BCUT2D eigenvalue weighted by Gasteiger charge is -2.34. The van der Waals surface area contributed by atoms with Crippen LogP contribution in [0.5, 0.6) is 0 Å². The highest BCUT2D eigenvalue weighted by Crippen LogP contribution is 2.07. The van der Waals surface area contributed by atoms with E-state index in [1.807, 2.05) is 0 Å². The molecule has 0 spiro atoms. The lowest BCUT2D eigenvalue weighted by Crippen LogP contribution is -2.57. The molecule has 20 heavy (non-hydrogen) atoms. The van der Waals surface area contributed by atoms with Gasteiger partial charge in [-0.15, -0.1) is 0 Å². The van der Waals surface area contributed by atoms with Crippen LogP contribution in [0.4, 0.5) is 4.79 Å². The van der Waals surface area contributed by atoms with E-state index in [0.29, 0.717) is 32.5 Å². The zero-order chi connectivity index (χ0) is 15.0. The molecule has 1 fully saturated rings. The molecule has 3 N–H and O–H groups in total. The maximum absolute atomic E-state index is 12.0. The molecule has 1 aliphatic heterocycles. The molecule has 0 saturated carbocycles. The van der Waals surface area contributed by atoms with Crippen LogP contribution in [-0.2, 0) is 14.3 Å². The minimum absolute atomic E-state index is 0.0916. The standard InChI is InChI=1S/C12H21N3O5/c1-13-11(18)9-8-20-7-6-15(9)12(19)14-5-3-2-4-10(16)17/h9H,2-8H2,1H3,(H,13,18)(H,14,19)(H,16,17). The summed E-state index contributed by atoms with van der Waals surface area (Å²) in [5.41, 5.74) is 0. The number of hydrogen-bond acceptors (Lipinski definition) is 4. The van der Waals surface area contributed by atoms with Crippen molar-refractivity contribution < 1.29 is 24.2 Å². The van der Waals surface area contributed by atoms with Gasteiger partial charge in [-0.25, -0.2) is 4.79 Å². The number of likely N-dealkylation sites (N-methyl/N-ethyl adjacent to an activating group) is 1. The van der Waals surface area contributed by atoms with Crippen LogP contribution in [-0.4, -0.2) is 67.3 Å². The lowest BCUT2D eigenvalue weighted by molar-refractivity contribution is -0.137. The fourth-order valence-electron chi connectivity index (χ4n) is 1.93. The summed E-state index contributed by atoms with van der Waals surface area (Å²) in [7, 11) is 1.51. The zero-order valence-electron chi connectivity index (χ0n) is 11.6. The predicted octanol–water partition coefficient (Wildman–Crippen LogP) is -0.602. The molecule has 0 aromatic heterocycles. The molecular weight excluding hydrogens is 266 g/mol. The number of amides is 3. The Hall–Kier alpha value is -1.83. The Balaban J connectivity index is 2.36. The van der Waals surface area contributed by atoms with Gasteiger partial charge < -0.3 is 25.4 Å². The van der Waals surface area contributed by atoms with E-state index in [4.69, 9.17) is 9.84 Å². The van der Waals surface area contributed by atoms with Crippen molar-refractivity contribution in [3.05, 3.63) is 0 Å². The minimum atomic E-state index is -0.843. The van der Waals surface area contributed by atoms with Gasteiger partial charge in [-0.2, -0.15) is 0 Å². The highest BCUT2D eigenvalue weighted by molar-refractivity contribution is 5.87. The van der Waals surface area contributed by atoms with Crippen molar-refractivity contribution >= 4 is 17.9 Å². The first-order valence-corrected chi connectivity index (χ1v) is 6.62. The van der Waals surface area contributed by atoms with Gasteiger partial charge in [0.05, 0.1) is 13.2 Å². The number of unbranched alkanes of at least 4 members (excludes halogenated alkanes) is 1. The summed E-state index contributed by atoms with van der Waals surface area (Å²) in [6.45, 7) is 1.34. The number of carbonyl (C=O) groups excluding carboxylic acids is 2.